The molecule has 1 aromatic heterocycles. The first kappa shape index (κ1) is 16.9. The van der Waals surface area contributed by atoms with Gasteiger partial charge in [-0.3, -0.25) is 4.79 Å². The molecule has 2 heterocycles. The molecule has 2 atom stereocenters. The Balaban J connectivity index is 1.81. The van der Waals surface area contributed by atoms with E-state index < -0.39 is 0 Å². The zero-order valence-electron chi connectivity index (χ0n) is 14.6. The summed E-state index contributed by atoms with van der Waals surface area (Å²) in [5.74, 6) is 0.608. The summed E-state index contributed by atoms with van der Waals surface area (Å²) in [6.07, 6.45) is 0.677. The fraction of sp³-hybridized carbons (Fsp3) is 0.238. The van der Waals surface area contributed by atoms with Gasteiger partial charge in [0.25, 0.3) is 0 Å². The molecule has 0 aliphatic carbocycles. The van der Waals surface area contributed by atoms with Crippen molar-refractivity contribution in [3.8, 4) is 16.9 Å². The second-order valence-corrected chi connectivity index (χ2v) is 7.57. The summed E-state index contributed by atoms with van der Waals surface area (Å²) in [7, 11) is 1.65. The molecular weight excluding hydrogens is 346 g/mol. The SMILES string of the molecule is COc1ccc2c(-c3ccccc3)cc(S[C@H]3C[C@@H](C)OC3=O)nc2c1. The van der Waals surface area contributed by atoms with E-state index in [1.165, 1.54) is 11.8 Å². The van der Waals surface area contributed by atoms with E-state index in [0.717, 1.165) is 32.8 Å². The summed E-state index contributed by atoms with van der Waals surface area (Å²) < 4.78 is 10.6. The number of cyclic esters (lactones) is 1. The minimum absolute atomic E-state index is 0.0332. The van der Waals surface area contributed by atoms with Crippen LogP contribution in [-0.4, -0.2) is 29.4 Å². The monoisotopic (exact) mass is 365 g/mol. The summed E-state index contributed by atoms with van der Waals surface area (Å²) in [6.45, 7) is 1.92. The molecule has 2 aromatic carbocycles. The molecule has 0 unspecified atom stereocenters. The van der Waals surface area contributed by atoms with Crippen LogP contribution >= 0.6 is 11.8 Å². The molecule has 132 valence electrons. The lowest BCUT2D eigenvalue weighted by Gasteiger charge is -2.12. The largest absolute Gasteiger partial charge is 0.497 e. The minimum Gasteiger partial charge on any atom is -0.497 e. The maximum absolute atomic E-state index is 12.0. The number of benzene rings is 2. The molecule has 0 saturated carbocycles. The Bertz CT molecular complexity index is 958. The highest BCUT2D eigenvalue weighted by Crippen LogP contribution is 2.37. The second-order valence-electron chi connectivity index (χ2n) is 6.35. The molecule has 3 aromatic rings. The Kier molecular flexibility index (Phi) is 4.55. The molecule has 0 amide bonds. The van der Waals surface area contributed by atoms with Crippen molar-refractivity contribution in [2.75, 3.05) is 7.11 Å². The van der Waals surface area contributed by atoms with E-state index in [2.05, 4.69) is 18.2 Å². The number of aromatic nitrogens is 1. The fourth-order valence-corrected chi connectivity index (χ4v) is 4.34. The van der Waals surface area contributed by atoms with Crippen LogP contribution in [-0.2, 0) is 9.53 Å². The predicted molar refractivity (Wildman–Crippen MR) is 104 cm³/mol. The van der Waals surface area contributed by atoms with Crippen molar-refractivity contribution in [1.82, 2.24) is 4.98 Å². The highest BCUT2D eigenvalue weighted by atomic mass is 32.2. The first-order valence-electron chi connectivity index (χ1n) is 8.55. The number of fused-ring (bicyclic) bond motifs is 1. The lowest BCUT2D eigenvalue weighted by atomic mass is 10.0. The van der Waals surface area contributed by atoms with Crippen LogP contribution in [0.4, 0.5) is 0 Å². The van der Waals surface area contributed by atoms with Gasteiger partial charge in [0.2, 0.25) is 0 Å². The van der Waals surface area contributed by atoms with E-state index in [4.69, 9.17) is 14.5 Å². The maximum atomic E-state index is 12.0. The number of carbonyl (C=O) groups is 1. The van der Waals surface area contributed by atoms with Gasteiger partial charge < -0.3 is 9.47 Å². The number of esters is 1. The van der Waals surface area contributed by atoms with Crippen molar-refractivity contribution in [2.45, 2.75) is 29.7 Å². The Morgan fingerprint density at radius 2 is 1.96 bits per heavy atom. The van der Waals surface area contributed by atoms with E-state index in [1.54, 1.807) is 7.11 Å². The third-order valence-electron chi connectivity index (χ3n) is 4.47. The molecule has 1 fully saturated rings. The molecule has 4 nitrogen and oxygen atoms in total. The highest BCUT2D eigenvalue weighted by molar-refractivity contribution is 8.00. The van der Waals surface area contributed by atoms with Gasteiger partial charge >= 0.3 is 5.97 Å². The molecular formula is C21H19NO3S. The Labute approximate surface area is 156 Å². The van der Waals surface area contributed by atoms with Crippen LogP contribution in [0.2, 0.25) is 0 Å². The number of ether oxygens (including phenoxy) is 2. The summed E-state index contributed by atoms with van der Waals surface area (Å²) in [5.41, 5.74) is 3.07. The van der Waals surface area contributed by atoms with Gasteiger partial charge in [-0.15, -0.1) is 0 Å². The molecule has 0 radical (unpaired) electrons. The fourth-order valence-electron chi connectivity index (χ4n) is 3.19. The summed E-state index contributed by atoms with van der Waals surface area (Å²) in [4.78, 5) is 16.8. The molecule has 0 bridgehead atoms. The maximum Gasteiger partial charge on any atom is 0.319 e. The van der Waals surface area contributed by atoms with Crippen molar-refractivity contribution in [3.05, 3.63) is 54.6 Å². The van der Waals surface area contributed by atoms with Crippen molar-refractivity contribution in [3.63, 3.8) is 0 Å². The standard InChI is InChI=1S/C21H19NO3S/c1-13-10-19(21(23)25-13)26-20-12-17(14-6-4-3-5-7-14)16-9-8-15(24-2)11-18(16)22-20/h3-9,11-13,19H,10H2,1-2H3/t13-,19+/m1/s1. The summed E-state index contributed by atoms with van der Waals surface area (Å²) >= 11 is 1.47. The van der Waals surface area contributed by atoms with Gasteiger partial charge in [-0.25, -0.2) is 4.98 Å². The molecule has 1 aliphatic heterocycles. The molecule has 4 rings (SSSR count). The van der Waals surface area contributed by atoms with E-state index >= 15 is 0 Å². The molecule has 0 N–H and O–H groups in total. The molecule has 1 aliphatic rings. The third-order valence-corrected chi connectivity index (χ3v) is 5.59. The second kappa shape index (κ2) is 7.00. The summed E-state index contributed by atoms with van der Waals surface area (Å²) in [5, 5.41) is 1.67. The van der Waals surface area contributed by atoms with E-state index in [1.807, 2.05) is 43.3 Å². The van der Waals surface area contributed by atoms with Crippen molar-refractivity contribution in [1.29, 1.82) is 0 Å². The summed E-state index contributed by atoms with van der Waals surface area (Å²) in [6, 6.07) is 18.2. The number of rotatable bonds is 4. The van der Waals surface area contributed by atoms with Gasteiger partial charge in [0, 0.05) is 17.9 Å². The zero-order chi connectivity index (χ0) is 18.1. The number of nitrogens with zero attached hydrogens (tertiary/aromatic N) is 1. The van der Waals surface area contributed by atoms with E-state index in [9.17, 15) is 4.79 Å². The van der Waals surface area contributed by atoms with Crippen LogP contribution in [0.15, 0.2) is 59.6 Å². The molecule has 5 heteroatoms. The average molecular weight is 365 g/mol. The quantitative estimate of drug-likeness (QED) is 0.627. The zero-order valence-corrected chi connectivity index (χ0v) is 15.5. The topological polar surface area (TPSA) is 48.4 Å². The van der Waals surface area contributed by atoms with Crippen LogP contribution in [0.5, 0.6) is 5.75 Å². The molecule has 26 heavy (non-hydrogen) atoms. The first-order valence-corrected chi connectivity index (χ1v) is 9.43. The van der Waals surface area contributed by atoms with E-state index in [-0.39, 0.29) is 17.3 Å². The lowest BCUT2D eigenvalue weighted by Crippen LogP contribution is -2.09. The number of pyridine rings is 1. The Morgan fingerprint density at radius 3 is 2.65 bits per heavy atom. The van der Waals surface area contributed by atoms with Gasteiger partial charge in [0.1, 0.15) is 17.1 Å². The number of hydrogen-bond donors (Lipinski definition) is 0. The number of hydrogen-bond acceptors (Lipinski definition) is 5. The van der Waals surface area contributed by atoms with Crippen molar-refractivity contribution >= 4 is 28.6 Å². The highest BCUT2D eigenvalue weighted by Gasteiger charge is 2.33. The molecule has 1 saturated heterocycles. The first-order chi connectivity index (χ1) is 12.6. The normalized spacial score (nSPS) is 19.5. The van der Waals surface area contributed by atoms with Gasteiger partial charge in [-0.1, -0.05) is 42.1 Å². The third kappa shape index (κ3) is 3.27. The van der Waals surface area contributed by atoms with Crippen LogP contribution in [0.3, 0.4) is 0 Å². The van der Waals surface area contributed by atoms with Gasteiger partial charge in [0.15, 0.2) is 0 Å². The Hall–Kier alpha value is -2.53. The lowest BCUT2D eigenvalue weighted by molar-refractivity contribution is -0.140. The predicted octanol–water partition coefficient (Wildman–Crippen LogP) is 4.71. The van der Waals surface area contributed by atoms with Crippen molar-refractivity contribution in [2.24, 2.45) is 0 Å². The molecule has 0 spiro atoms. The Morgan fingerprint density at radius 1 is 1.15 bits per heavy atom. The number of thioether (sulfide) groups is 1. The van der Waals surface area contributed by atoms with Gasteiger partial charge in [0.05, 0.1) is 17.7 Å². The van der Waals surface area contributed by atoms with Gasteiger partial charge in [-0.05, 0) is 36.2 Å². The average Bonchev–Trinajstić information content (AvgIpc) is 2.98. The minimum atomic E-state index is -0.204. The van der Waals surface area contributed by atoms with Gasteiger partial charge in [-0.2, -0.15) is 0 Å². The van der Waals surface area contributed by atoms with Crippen LogP contribution in [0.25, 0.3) is 22.0 Å². The van der Waals surface area contributed by atoms with E-state index in [0.29, 0.717) is 6.42 Å². The number of carbonyl (C=O) groups excluding carboxylic acids is 1. The number of methoxy groups -OCH3 is 1. The van der Waals surface area contributed by atoms with Crippen LogP contribution < -0.4 is 4.74 Å². The van der Waals surface area contributed by atoms with Crippen molar-refractivity contribution < 1.29 is 14.3 Å². The van der Waals surface area contributed by atoms with Crippen LogP contribution in [0, 0.1) is 0 Å². The van der Waals surface area contributed by atoms with Crippen LogP contribution in [0.1, 0.15) is 13.3 Å². The smallest absolute Gasteiger partial charge is 0.319 e.